The quantitative estimate of drug-likeness (QED) is 0.380. The zero-order chi connectivity index (χ0) is 10.0. The molecule has 0 spiro atoms. The van der Waals surface area contributed by atoms with Gasteiger partial charge in [0.15, 0.2) is 5.78 Å². The van der Waals surface area contributed by atoms with Gasteiger partial charge in [-0.3, -0.25) is 4.79 Å². The first-order valence-electron chi connectivity index (χ1n) is 3.60. The third-order valence-electron chi connectivity index (χ3n) is 1.71. The first kappa shape index (κ1) is 9.07. The fourth-order valence-electron chi connectivity index (χ4n) is 1.02. The summed E-state index contributed by atoms with van der Waals surface area (Å²) in [5.74, 6) is -0.426. The Kier molecular flexibility index (Phi) is 2.20. The van der Waals surface area contributed by atoms with Crippen molar-refractivity contribution in [3.05, 3.63) is 23.3 Å². The largest absolute Gasteiger partial charge is 0.506 e. The van der Waals surface area contributed by atoms with Gasteiger partial charge in [-0.15, -0.1) is 0 Å². The van der Waals surface area contributed by atoms with Gasteiger partial charge in [-0.25, -0.2) is 0 Å². The second kappa shape index (κ2) is 3.15. The van der Waals surface area contributed by atoms with Gasteiger partial charge in [0, 0.05) is 5.56 Å². The molecule has 4 heteroatoms. The topological polar surface area (TPSA) is 87.1 Å². The zero-order valence-corrected chi connectivity index (χ0v) is 7.03. The average molecular weight is 176 g/mol. The Labute approximate surface area is 75.2 Å². The number of nitriles is 1. The molecule has 0 atom stereocenters. The lowest BCUT2D eigenvalue weighted by Gasteiger charge is -2.04. The first-order chi connectivity index (χ1) is 6.07. The number of carbonyl (C=O) groups excluding carboxylic acids is 1. The number of hydrogen-bond donors (Lipinski definition) is 2. The van der Waals surface area contributed by atoms with E-state index in [4.69, 9.17) is 16.1 Å². The van der Waals surface area contributed by atoms with Crippen molar-refractivity contribution in [1.29, 1.82) is 5.26 Å². The van der Waals surface area contributed by atoms with Crippen LogP contribution >= 0.6 is 0 Å². The van der Waals surface area contributed by atoms with Crippen LogP contribution in [0.25, 0.3) is 0 Å². The summed E-state index contributed by atoms with van der Waals surface area (Å²) in [6, 6.07) is 4.46. The molecule has 3 N–H and O–H groups in total. The van der Waals surface area contributed by atoms with Crippen molar-refractivity contribution in [3.63, 3.8) is 0 Å². The van der Waals surface area contributed by atoms with Crippen LogP contribution in [0.4, 0.5) is 5.69 Å². The molecule has 0 unspecified atom stereocenters. The first-order valence-corrected chi connectivity index (χ1v) is 3.60. The van der Waals surface area contributed by atoms with E-state index in [-0.39, 0.29) is 28.3 Å². The Morgan fingerprint density at radius 3 is 2.69 bits per heavy atom. The van der Waals surface area contributed by atoms with Gasteiger partial charge < -0.3 is 10.8 Å². The van der Waals surface area contributed by atoms with Crippen molar-refractivity contribution in [2.24, 2.45) is 0 Å². The molecular formula is C9H8N2O2. The van der Waals surface area contributed by atoms with E-state index in [2.05, 4.69) is 0 Å². The van der Waals surface area contributed by atoms with Crippen molar-refractivity contribution < 1.29 is 9.90 Å². The number of hydrogen-bond acceptors (Lipinski definition) is 4. The van der Waals surface area contributed by atoms with E-state index in [1.54, 1.807) is 6.07 Å². The number of nitrogen functional groups attached to an aromatic ring is 1. The van der Waals surface area contributed by atoms with Crippen LogP contribution < -0.4 is 5.73 Å². The molecule has 0 aliphatic rings. The van der Waals surface area contributed by atoms with Crippen LogP contribution in [0.3, 0.4) is 0 Å². The van der Waals surface area contributed by atoms with Crippen LogP contribution in [0.5, 0.6) is 5.75 Å². The molecule has 1 rings (SSSR count). The number of phenols is 1. The molecular weight excluding hydrogens is 168 g/mol. The highest BCUT2D eigenvalue weighted by molar-refractivity contribution is 5.98. The number of nitrogens with zero attached hydrogens (tertiary/aromatic N) is 1. The molecule has 4 nitrogen and oxygen atoms in total. The predicted molar refractivity (Wildman–Crippen MR) is 47.2 cm³/mol. The minimum atomic E-state index is -0.247. The molecule has 13 heavy (non-hydrogen) atoms. The van der Waals surface area contributed by atoms with Gasteiger partial charge in [0.05, 0.1) is 11.3 Å². The van der Waals surface area contributed by atoms with Gasteiger partial charge in [0.2, 0.25) is 0 Å². The summed E-state index contributed by atoms with van der Waals surface area (Å²) < 4.78 is 0. The van der Waals surface area contributed by atoms with Gasteiger partial charge in [-0.2, -0.15) is 5.26 Å². The van der Waals surface area contributed by atoms with Gasteiger partial charge in [-0.05, 0) is 19.1 Å². The number of carbonyl (C=O) groups is 1. The van der Waals surface area contributed by atoms with Crippen LogP contribution in [0, 0.1) is 11.3 Å². The second-order valence-corrected chi connectivity index (χ2v) is 2.59. The lowest BCUT2D eigenvalue weighted by atomic mass is 10.0. The Bertz CT molecular complexity index is 405. The van der Waals surface area contributed by atoms with Gasteiger partial charge in [0.25, 0.3) is 0 Å². The van der Waals surface area contributed by atoms with Crippen LogP contribution in [0.1, 0.15) is 22.8 Å². The Morgan fingerprint density at radius 1 is 1.62 bits per heavy atom. The van der Waals surface area contributed by atoms with Crippen LogP contribution in [0.15, 0.2) is 12.1 Å². The second-order valence-electron chi connectivity index (χ2n) is 2.59. The highest BCUT2D eigenvalue weighted by Gasteiger charge is 2.12. The summed E-state index contributed by atoms with van der Waals surface area (Å²) in [6.07, 6.45) is 0. The van der Waals surface area contributed by atoms with Crippen molar-refractivity contribution in [2.45, 2.75) is 6.92 Å². The Balaban J connectivity index is 3.50. The zero-order valence-electron chi connectivity index (χ0n) is 7.03. The van der Waals surface area contributed by atoms with Crippen molar-refractivity contribution in [1.82, 2.24) is 0 Å². The summed E-state index contributed by atoms with van der Waals surface area (Å²) in [6.45, 7) is 1.34. The number of aromatic hydroxyl groups is 1. The van der Waals surface area contributed by atoms with Crippen molar-refractivity contribution in [2.75, 3.05) is 5.73 Å². The predicted octanol–water partition coefficient (Wildman–Crippen LogP) is 1.05. The van der Waals surface area contributed by atoms with Crippen LogP contribution in [0.2, 0.25) is 0 Å². The fourth-order valence-corrected chi connectivity index (χ4v) is 1.02. The SMILES string of the molecule is CC(=O)c1ccc(O)c(N)c1C#N. The maximum atomic E-state index is 11.0. The van der Waals surface area contributed by atoms with E-state index in [0.717, 1.165) is 0 Å². The molecule has 0 bridgehead atoms. The summed E-state index contributed by atoms with van der Waals surface area (Å²) in [5.41, 5.74) is 5.63. The molecule has 0 saturated heterocycles. The number of ketones is 1. The van der Waals surface area contributed by atoms with Crippen LogP contribution in [-0.4, -0.2) is 10.9 Å². The van der Waals surface area contributed by atoms with E-state index in [9.17, 15) is 4.79 Å². The van der Waals surface area contributed by atoms with Gasteiger partial charge >= 0.3 is 0 Å². The third-order valence-corrected chi connectivity index (χ3v) is 1.71. The molecule has 0 amide bonds. The molecule has 0 aromatic heterocycles. The average Bonchev–Trinajstić information content (AvgIpc) is 2.09. The van der Waals surface area contributed by atoms with Crippen molar-refractivity contribution in [3.8, 4) is 11.8 Å². The normalized spacial score (nSPS) is 9.23. The van der Waals surface area contributed by atoms with E-state index in [0.29, 0.717) is 0 Å². The molecule has 66 valence electrons. The standard InChI is InChI=1S/C9H8N2O2/c1-5(12)6-2-3-8(13)9(11)7(6)4-10/h2-3,13H,11H2,1H3. The maximum Gasteiger partial charge on any atom is 0.161 e. The lowest BCUT2D eigenvalue weighted by Crippen LogP contribution is -2.01. The Hall–Kier alpha value is -2.02. The molecule has 0 radical (unpaired) electrons. The number of anilines is 1. The molecule has 1 aromatic carbocycles. The summed E-state index contributed by atoms with van der Waals surface area (Å²) >= 11 is 0. The summed E-state index contributed by atoms with van der Waals surface area (Å²) in [5, 5.41) is 17.8. The minimum Gasteiger partial charge on any atom is -0.506 e. The highest BCUT2D eigenvalue weighted by Crippen LogP contribution is 2.26. The van der Waals surface area contributed by atoms with E-state index in [1.807, 2.05) is 0 Å². The maximum absolute atomic E-state index is 11.0. The Morgan fingerprint density at radius 2 is 2.23 bits per heavy atom. The molecule has 1 aromatic rings. The molecule has 0 heterocycles. The number of Topliss-reactive ketones (excluding diaryl/α,β-unsaturated/α-hetero) is 1. The number of rotatable bonds is 1. The van der Waals surface area contributed by atoms with E-state index in [1.165, 1.54) is 19.1 Å². The number of phenolic OH excluding ortho intramolecular Hbond substituents is 1. The monoisotopic (exact) mass is 176 g/mol. The van der Waals surface area contributed by atoms with E-state index >= 15 is 0 Å². The molecule has 0 aliphatic heterocycles. The number of benzene rings is 1. The lowest BCUT2D eigenvalue weighted by molar-refractivity contribution is 0.101. The number of nitrogens with two attached hydrogens (primary N) is 1. The molecule has 0 saturated carbocycles. The molecule has 0 aliphatic carbocycles. The third kappa shape index (κ3) is 1.44. The summed E-state index contributed by atoms with van der Waals surface area (Å²) in [4.78, 5) is 11.0. The summed E-state index contributed by atoms with van der Waals surface area (Å²) in [7, 11) is 0. The smallest absolute Gasteiger partial charge is 0.161 e. The highest BCUT2D eigenvalue weighted by atomic mass is 16.3. The minimum absolute atomic E-state index is 0.0347. The molecule has 0 fully saturated rings. The van der Waals surface area contributed by atoms with Gasteiger partial charge in [-0.1, -0.05) is 0 Å². The van der Waals surface area contributed by atoms with Crippen molar-refractivity contribution >= 4 is 11.5 Å². The van der Waals surface area contributed by atoms with Crippen LogP contribution in [-0.2, 0) is 0 Å². The van der Waals surface area contributed by atoms with Gasteiger partial charge in [0.1, 0.15) is 11.8 Å². The van der Waals surface area contributed by atoms with E-state index < -0.39 is 0 Å². The fraction of sp³-hybridized carbons (Fsp3) is 0.111.